The van der Waals surface area contributed by atoms with Crippen molar-refractivity contribution in [2.24, 2.45) is 5.92 Å². The molecule has 2 N–H and O–H groups in total. The third kappa shape index (κ3) is 6.32. The van der Waals surface area contributed by atoms with E-state index in [0.29, 0.717) is 29.7 Å². The molecule has 1 aliphatic carbocycles. The van der Waals surface area contributed by atoms with Gasteiger partial charge in [0.15, 0.2) is 11.6 Å². The van der Waals surface area contributed by atoms with Crippen molar-refractivity contribution in [3.63, 3.8) is 0 Å². The molecule has 1 unspecified atom stereocenters. The van der Waals surface area contributed by atoms with Gasteiger partial charge < -0.3 is 15.2 Å². The standard InChI is InChI=1S/C25H31N5O4/c1-25(2,33)17-29-13-12-22(28-29)27-24(32)21(14-18-8-6-7-9-18)30-23(31)15-20(16-26-30)34-19-10-4-3-5-11-19/h3-5,10-13,15-16,18,21,33H,6-9,14,17H2,1-2H3,(H,27,28,32). The third-order valence-corrected chi connectivity index (χ3v) is 5.85. The highest BCUT2D eigenvalue weighted by molar-refractivity contribution is 5.92. The Labute approximate surface area is 198 Å². The van der Waals surface area contributed by atoms with E-state index in [4.69, 9.17) is 4.74 Å². The minimum atomic E-state index is -0.931. The number of aliphatic hydroxyl groups is 1. The zero-order valence-corrected chi connectivity index (χ0v) is 19.6. The molecular weight excluding hydrogens is 434 g/mol. The topological polar surface area (TPSA) is 111 Å². The summed E-state index contributed by atoms with van der Waals surface area (Å²) in [6.45, 7) is 3.67. The Balaban J connectivity index is 1.53. The van der Waals surface area contributed by atoms with Crippen LogP contribution in [0.4, 0.5) is 5.82 Å². The fourth-order valence-electron chi connectivity index (χ4n) is 4.32. The molecule has 34 heavy (non-hydrogen) atoms. The maximum absolute atomic E-state index is 13.3. The van der Waals surface area contributed by atoms with Crippen LogP contribution in [0.15, 0.2) is 59.7 Å². The van der Waals surface area contributed by atoms with Crippen molar-refractivity contribution in [3.8, 4) is 11.5 Å². The lowest BCUT2D eigenvalue weighted by Crippen LogP contribution is -2.36. The lowest BCUT2D eigenvalue weighted by Gasteiger charge is -2.21. The van der Waals surface area contributed by atoms with E-state index >= 15 is 0 Å². The highest BCUT2D eigenvalue weighted by Crippen LogP contribution is 2.32. The van der Waals surface area contributed by atoms with E-state index in [1.807, 2.05) is 18.2 Å². The zero-order valence-electron chi connectivity index (χ0n) is 19.6. The summed E-state index contributed by atoms with van der Waals surface area (Å²) >= 11 is 0. The first kappa shape index (κ1) is 23.7. The average Bonchev–Trinajstić information content (AvgIpc) is 3.44. The summed E-state index contributed by atoms with van der Waals surface area (Å²) in [7, 11) is 0. The monoisotopic (exact) mass is 465 g/mol. The minimum absolute atomic E-state index is 0.290. The quantitative estimate of drug-likeness (QED) is 0.498. The van der Waals surface area contributed by atoms with Crippen LogP contribution in [0.2, 0.25) is 0 Å². The fourth-order valence-corrected chi connectivity index (χ4v) is 4.32. The number of ether oxygens (including phenoxy) is 1. The molecule has 0 spiro atoms. The maximum atomic E-state index is 13.3. The average molecular weight is 466 g/mol. The molecule has 1 aromatic carbocycles. The van der Waals surface area contributed by atoms with Crippen molar-refractivity contribution in [1.29, 1.82) is 0 Å². The van der Waals surface area contributed by atoms with Gasteiger partial charge >= 0.3 is 0 Å². The Morgan fingerprint density at radius 3 is 2.62 bits per heavy atom. The van der Waals surface area contributed by atoms with Gasteiger partial charge in [-0.3, -0.25) is 14.3 Å². The number of hydrogen-bond acceptors (Lipinski definition) is 6. The molecule has 2 aromatic heterocycles. The summed E-state index contributed by atoms with van der Waals surface area (Å²) in [4.78, 5) is 26.2. The Hall–Kier alpha value is -3.46. The Kier molecular flexibility index (Phi) is 7.12. The first-order valence-corrected chi connectivity index (χ1v) is 11.7. The van der Waals surface area contributed by atoms with Gasteiger partial charge in [-0.2, -0.15) is 10.2 Å². The van der Waals surface area contributed by atoms with E-state index in [9.17, 15) is 14.7 Å². The smallest absolute Gasteiger partial charge is 0.271 e. The first-order chi connectivity index (χ1) is 16.3. The van der Waals surface area contributed by atoms with Crippen LogP contribution in [0, 0.1) is 5.92 Å². The Bertz CT molecular complexity index is 1160. The number of amides is 1. The van der Waals surface area contributed by atoms with Crippen molar-refractivity contribution >= 4 is 11.7 Å². The molecular formula is C25H31N5O4. The second-order valence-corrected chi connectivity index (χ2v) is 9.49. The van der Waals surface area contributed by atoms with Gasteiger partial charge in [-0.1, -0.05) is 43.9 Å². The number of benzene rings is 1. The summed E-state index contributed by atoms with van der Waals surface area (Å²) in [5.74, 6) is 1.30. The minimum Gasteiger partial charge on any atom is -0.455 e. The van der Waals surface area contributed by atoms with E-state index < -0.39 is 17.2 Å². The highest BCUT2D eigenvalue weighted by atomic mass is 16.5. The Morgan fingerprint density at radius 1 is 1.21 bits per heavy atom. The van der Waals surface area contributed by atoms with Crippen LogP contribution in [0.5, 0.6) is 11.5 Å². The molecule has 2 heterocycles. The molecule has 0 bridgehead atoms. The molecule has 9 nitrogen and oxygen atoms in total. The van der Waals surface area contributed by atoms with Crippen LogP contribution in [0.25, 0.3) is 0 Å². The normalized spacial score (nSPS) is 15.3. The molecule has 0 saturated heterocycles. The van der Waals surface area contributed by atoms with E-state index in [1.54, 1.807) is 42.9 Å². The predicted octanol–water partition coefficient (Wildman–Crippen LogP) is 3.76. The van der Waals surface area contributed by atoms with Crippen LogP contribution in [0.1, 0.15) is 52.0 Å². The molecule has 1 aliphatic rings. The number of aromatic nitrogens is 4. The van der Waals surface area contributed by atoms with Gasteiger partial charge in [-0.25, -0.2) is 4.68 Å². The first-order valence-electron chi connectivity index (χ1n) is 11.7. The molecule has 4 rings (SSSR count). The van der Waals surface area contributed by atoms with Gasteiger partial charge in [0.25, 0.3) is 11.5 Å². The SMILES string of the molecule is CC(C)(O)Cn1ccc(NC(=O)C(CC2CCCC2)n2ncc(Oc3ccccc3)cc2=O)n1. The van der Waals surface area contributed by atoms with Gasteiger partial charge in [0.1, 0.15) is 11.8 Å². The summed E-state index contributed by atoms with van der Waals surface area (Å²) < 4.78 is 8.52. The van der Waals surface area contributed by atoms with Crippen molar-refractivity contribution in [1.82, 2.24) is 19.6 Å². The molecule has 1 saturated carbocycles. The van der Waals surface area contributed by atoms with E-state index in [-0.39, 0.29) is 12.5 Å². The van der Waals surface area contributed by atoms with Crippen LogP contribution in [0.3, 0.4) is 0 Å². The van der Waals surface area contributed by atoms with Crippen LogP contribution in [-0.4, -0.2) is 36.2 Å². The molecule has 1 amide bonds. The lowest BCUT2D eigenvalue weighted by atomic mass is 9.98. The lowest BCUT2D eigenvalue weighted by molar-refractivity contribution is -0.120. The van der Waals surface area contributed by atoms with E-state index in [0.717, 1.165) is 25.7 Å². The molecule has 180 valence electrons. The van der Waals surface area contributed by atoms with Gasteiger partial charge in [-0.05, 0) is 38.3 Å². The van der Waals surface area contributed by atoms with Crippen LogP contribution >= 0.6 is 0 Å². The molecule has 1 fully saturated rings. The largest absolute Gasteiger partial charge is 0.455 e. The zero-order chi connectivity index (χ0) is 24.1. The van der Waals surface area contributed by atoms with Crippen molar-refractivity contribution in [2.45, 2.75) is 64.1 Å². The van der Waals surface area contributed by atoms with Gasteiger partial charge in [-0.15, -0.1) is 0 Å². The maximum Gasteiger partial charge on any atom is 0.271 e. The second kappa shape index (κ2) is 10.2. The molecule has 3 aromatic rings. The fraction of sp³-hybridized carbons (Fsp3) is 0.440. The number of rotatable bonds is 9. The number of carbonyl (C=O) groups excluding carboxylic acids is 1. The van der Waals surface area contributed by atoms with Crippen molar-refractivity contribution in [3.05, 3.63) is 65.2 Å². The summed E-state index contributed by atoms with van der Waals surface area (Å²) in [5, 5.41) is 21.4. The van der Waals surface area contributed by atoms with E-state index in [2.05, 4.69) is 15.5 Å². The van der Waals surface area contributed by atoms with Crippen molar-refractivity contribution in [2.75, 3.05) is 5.32 Å². The summed E-state index contributed by atoms with van der Waals surface area (Å²) in [6.07, 6.45) is 8.02. The third-order valence-electron chi connectivity index (χ3n) is 5.85. The molecule has 9 heteroatoms. The molecule has 0 aliphatic heterocycles. The van der Waals surface area contributed by atoms with Crippen LogP contribution in [-0.2, 0) is 11.3 Å². The molecule has 0 radical (unpaired) electrons. The van der Waals surface area contributed by atoms with Gasteiger partial charge in [0.05, 0.1) is 18.3 Å². The van der Waals surface area contributed by atoms with Crippen LogP contribution < -0.4 is 15.6 Å². The highest BCUT2D eigenvalue weighted by Gasteiger charge is 2.29. The second-order valence-electron chi connectivity index (χ2n) is 9.49. The number of hydrogen-bond donors (Lipinski definition) is 2. The number of nitrogens with one attached hydrogen (secondary N) is 1. The molecule has 1 atom stereocenters. The number of carbonyl (C=O) groups is 1. The number of nitrogens with zero attached hydrogens (tertiary/aromatic N) is 4. The number of anilines is 1. The van der Waals surface area contributed by atoms with Crippen molar-refractivity contribution < 1.29 is 14.6 Å². The predicted molar refractivity (Wildman–Crippen MR) is 128 cm³/mol. The van der Waals surface area contributed by atoms with E-state index in [1.165, 1.54) is 16.9 Å². The Morgan fingerprint density at radius 2 is 1.94 bits per heavy atom. The summed E-state index contributed by atoms with van der Waals surface area (Å²) in [6, 6.07) is 11.4. The number of para-hydroxylation sites is 1. The van der Waals surface area contributed by atoms with Gasteiger partial charge in [0.2, 0.25) is 0 Å². The van der Waals surface area contributed by atoms with Gasteiger partial charge in [0, 0.05) is 18.3 Å². The summed E-state index contributed by atoms with van der Waals surface area (Å²) in [5.41, 5.74) is -1.34.